The maximum atomic E-state index is 14.1. The van der Waals surface area contributed by atoms with Crippen LogP contribution < -0.4 is 0 Å². The topological polar surface area (TPSA) is 25.8 Å². The Balaban J connectivity index is 2.63. The second-order valence-electron chi connectivity index (χ2n) is 3.84. The van der Waals surface area contributed by atoms with Crippen LogP contribution in [-0.4, -0.2) is 9.97 Å². The highest BCUT2D eigenvalue weighted by Gasteiger charge is 2.15. The molecule has 0 fully saturated rings. The van der Waals surface area contributed by atoms with Gasteiger partial charge in [-0.2, -0.15) is 0 Å². The van der Waals surface area contributed by atoms with Crippen LogP contribution in [0.25, 0.3) is 11.3 Å². The minimum Gasteiger partial charge on any atom is -0.236 e. The Morgan fingerprint density at radius 3 is 2.83 bits per heavy atom. The van der Waals surface area contributed by atoms with Crippen molar-refractivity contribution in [1.29, 1.82) is 0 Å². The van der Waals surface area contributed by atoms with E-state index in [-0.39, 0.29) is 5.82 Å². The Morgan fingerprint density at radius 2 is 2.11 bits per heavy atom. The van der Waals surface area contributed by atoms with Gasteiger partial charge in [-0.1, -0.05) is 31.0 Å². The van der Waals surface area contributed by atoms with Gasteiger partial charge in [-0.15, -0.1) is 0 Å². The van der Waals surface area contributed by atoms with E-state index in [0.29, 0.717) is 20.9 Å². The number of hydrogen-bond acceptors (Lipinski definition) is 2. The molecule has 2 aromatic rings. The second-order valence-corrected chi connectivity index (χ2v) is 5.06. The van der Waals surface area contributed by atoms with Gasteiger partial charge < -0.3 is 0 Å². The van der Waals surface area contributed by atoms with Crippen LogP contribution in [0.4, 0.5) is 4.39 Å². The van der Waals surface area contributed by atoms with Gasteiger partial charge in [0.25, 0.3) is 0 Å². The Bertz CT molecular complexity index is 575. The third-order valence-corrected chi connectivity index (χ3v) is 3.54. The minimum atomic E-state index is -0.329. The van der Waals surface area contributed by atoms with Crippen molar-refractivity contribution in [1.82, 2.24) is 9.97 Å². The van der Waals surface area contributed by atoms with Gasteiger partial charge in [0, 0.05) is 11.1 Å². The molecule has 94 valence electrons. The smallest absolute Gasteiger partial charge is 0.146 e. The molecule has 5 heteroatoms. The summed E-state index contributed by atoms with van der Waals surface area (Å²) in [5, 5.41) is 0.390. The first-order chi connectivity index (χ1) is 8.65. The summed E-state index contributed by atoms with van der Waals surface area (Å²) in [6.45, 7) is 2.03. The van der Waals surface area contributed by atoms with Gasteiger partial charge in [0.1, 0.15) is 17.3 Å². The lowest BCUT2D eigenvalue weighted by atomic mass is 10.0. The number of rotatable bonds is 3. The fraction of sp³-hybridized carbons (Fsp3) is 0.231. The predicted octanol–water partition coefficient (Wildman–Crippen LogP) is 4.65. The van der Waals surface area contributed by atoms with Crippen molar-refractivity contribution in [3.63, 3.8) is 0 Å². The second kappa shape index (κ2) is 5.76. The van der Waals surface area contributed by atoms with Crippen LogP contribution in [0.3, 0.4) is 0 Å². The largest absolute Gasteiger partial charge is 0.236 e. The third-order valence-electron chi connectivity index (χ3n) is 2.60. The van der Waals surface area contributed by atoms with Crippen LogP contribution in [0, 0.1) is 5.82 Å². The van der Waals surface area contributed by atoms with Gasteiger partial charge >= 0.3 is 0 Å². The molecule has 0 spiro atoms. The zero-order valence-corrected chi connectivity index (χ0v) is 12.1. The van der Waals surface area contributed by atoms with E-state index < -0.39 is 0 Å². The summed E-state index contributed by atoms with van der Waals surface area (Å²) < 4.78 is 14.5. The van der Waals surface area contributed by atoms with Crippen molar-refractivity contribution in [2.45, 2.75) is 19.8 Å². The van der Waals surface area contributed by atoms with Crippen LogP contribution in [0.2, 0.25) is 5.15 Å². The fourth-order valence-corrected chi connectivity index (χ4v) is 2.38. The van der Waals surface area contributed by atoms with E-state index in [4.69, 9.17) is 11.6 Å². The molecule has 1 aromatic carbocycles. The summed E-state index contributed by atoms with van der Waals surface area (Å²) in [7, 11) is 0. The molecule has 0 bridgehead atoms. The molecule has 0 amide bonds. The molecule has 0 unspecified atom stereocenters. The van der Waals surface area contributed by atoms with E-state index in [9.17, 15) is 4.39 Å². The van der Waals surface area contributed by atoms with Crippen LogP contribution in [0.5, 0.6) is 0 Å². The van der Waals surface area contributed by atoms with Gasteiger partial charge in [0.05, 0.1) is 10.2 Å². The van der Waals surface area contributed by atoms with Crippen molar-refractivity contribution >= 4 is 27.5 Å². The monoisotopic (exact) mass is 328 g/mol. The number of halogens is 3. The molecule has 18 heavy (non-hydrogen) atoms. The van der Waals surface area contributed by atoms with Gasteiger partial charge in [-0.05, 0) is 34.5 Å². The van der Waals surface area contributed by atoms with Crippen molar-refractivity contribution < 1.29 is 4.39 Å². The molecule has 1 heterocycles. The molecule has 0 aliphatic heterocycles. The zero-order valence-electron chi connectivity index (χ0n) is 9.75. The highest BCUT2D eigenvalue weighted by Crippen LogP contribution is 2.31. The molecule has 0 atom stereocenters. The summed E-state index contributed by atoms with van der Waals surface area (Å²) >= 11 is 9.24. The Hall–Kier alpha value is -1.000. The minimum absolute atomic E-state index is 0.329. The van der Waals surface area contributed by atoms with Gasteiger partial charge in [-0.25, -0.2) is 14.4 Å². The molecule has 2 rings (SSSR count). The number of hydrogen-bond donors (Lipinski definition) is 0. The first kappa shape index (κ1) is 13.4. The van der Waals surface area contributed by atoms with E-state index in [1.54, 1.807) is 18.2 Å². The summed E-state index contributed by atoms with van der Waals surface area (Å²) in [5.41, 5.74) is 1.80. The van der Waals surface area contributed by atoms with Crippen molar-refractivity contribution in [2.24, 2.45) is 0 Å². The lowest BCUT2D eigenvalue weighted by molar-refractivity contribution is 0.623. The Morgan fingerprint density at radius 1 is 1.33 bits per heavy atom. The third kappa shape index (κ3) is 2.54. The number of aromatic nitrogens is 2. The van der Waals surface area contributed by atoms with Gasteiger partial charge in [-0.3, -0.25) is 0 Å². The molecular weight excluding hydrogens is 319 g/mol. The summed E-state index contributed by atoms with van der Waals surface area (Å²) in [5.74, 6) is -0.329. The quantitative estimate of drug-likeness (QED) is 0.766. The molecular formula is C13H11BrClFN2. The van der Waals surface area contributed by atoms with E-state index in [0.717, 1.165) is 18.4 Å². The highest BCUT2D eigenvalue weighted by molar-refractivity contribution is 9.10. The van der Waals surface area contributed by atoms with Crippen LogP contribution in [0.15, 0.2) is 29.0 Å². The summed E-state index contributed by atoms with van der Waals surface area (Å²) in [6, 6.07) is 5.12. The molecule has 0 aliphatic carbocycles. The highest BCUT2D eigenvalue weighted by atomic mass is 79.9. The summed E-state index contributed by atoms with van der Waals surface area (Å²) in [4.78, 5) is 8.13. The Kier molecular flexibility index (Phi) is 4.30. The molecule has 2 nitrogen and oxygen atoms in total. The fourth-order valence-electron chi connectivity index (χ4n) is 1.78. The van der Waals surface area contributed by atoms with E-state index in [1.165, 1.54) is 6.33 Å². The molecule has 0 saturated heterocycles. The van der Waals surface area contributed by atoms with Gasteiger partial charge in [0.2, 0.25) is 0 Å². The van der Waals surface area contributed by atoms with Crippen LogP contribution in [0.1, 0.15) is 18.9 Å². The van der Waals surface area contributed by atoms with Crippen molar-refractivity contribution in [3.05, 3.63) is 45.5 Å². The van der Waals surface area contributed by atoms with Gasteiger partial charge in [0.15, 0.2) is 0 Å². The molecule has 1 aromatic heterocycles. The van der Waals surface area contributed by atoms with E-state index >= 15 is 0 Å². The molecule has 0 N–H and O–H groups in total. The SMILES string of the molecule is CCCc1c(Cl)ncnc1-c1cccc(Br)c1F. The van der Waals surface area contributed by atoms with E-state index in [1.807, 2.05) is 6.92 Å². The van der Waals surface area contributed by atoms with Crippen LogP contribution >= 0.6 is 27.5 Å². The molecule has 0 saturated carbocycles. The predicted molar refractivity (Wildman–Crippen MR) is 74.1 cm³/mol. The first-order valence-corrected chi connectivity index (χ1v) is 6.76. The zero-order chi connectivity index (χ0) is 13.1. The lowest BCUT2D eigenvalue weighted by Gasteiger charge is -2.10. The van der Waals surface area contributed by atoms with E-state index in [2.05, 4.69) is 25.9 Å². The average molecular weight is 330 g/mol. The maximum absolute atomic E-state index is 14.1. The maximum Gasteiger partial charge on any atom is 0.146 e. The number of benzene rings is 1. The molecule has 0 radical (unpaired) electrons. The normalized spacial score (nSPS) is 10.7. The van der Waals surface area contributed by atoms with Crippen LogP contribution in [-0.2, 0) is 6.42 Å². The molecule has 0 aliphatic rings. The van der Waals surface area contributed by atoms with Crippen molar-refractivity contribution in [3.8, 4) is 11.3 Å². The first-order valence-electron chi connectivity index (χ1n) is 5.59. The lowest BCUT2D eigenvalue weighted by Crippen LogP contribution is -1.98. The summed E-state index contributed by atoms with van der Waals surface area (Å²) in [6.07, 6.45) is 2.98. The standard InChI is InChI=1S/C13H11BrClFN2/c1-2-4-9-12(17-7-18-13(9)15)8-5-3-6-10(14)11(8)16/h3,5-7H,2,4H2,1H3. The Labute approximate surface area is 118 Å². The van der Waals surface area contributed by atoms with Crippen molar-refractivity contribution in [2.75, 3.05) is 0 Å². The average Bonchev–Trinajstić information content (AvgIpc) is 2.36. The number of nitrogens with zero attached hydrogens (tertiary/aromatic N) is 2.